The van der Waals surface area contributed by atoms with Gasteiger partial charge in [0, 0.05) is 12.1 Å². The van der Waals surface area contributed by atoms with Gasteiger partial charge < -0.3 is 19.5 Å². The van der Waals surface area contributed by atoms with Crippen molar-refractivity contribution in [3.8, 4) is 0 Å². The van der Waals surface area contributed by atoms with Crippen LogP contribution in [0.1, 0.15) is 36.8 Å². The molecule has 4 nitrogen and oxygen atoms in total. The van der Waals surface area contributed by atoms with Crippen molar-refractivity contribution in [2.45, 2.75) is 39.8 Å². The average molecular weight is 281 g/mol. The molecule has 0 saturated heterocycles. The van der Waals surface area contributed by atoms with Crippen LogP contribution in [0, 0.1) is 6.92 Å². The number of hydrogen-bond donors (Lipinski definition) is 1. The summed E-state index contributed by atoms with van der Waals surface area (Å²) in [5.74, 6) is 2.10. The van der Waals surface area contributed by atoms with Crippen LogP contribution >= 0.6 is 0 Å². The molecule has 0 aliphatic rings. The summed E-state index contributed by atoms with van der Waals surface area (Å²) in [5, 5.41) is 3.38. The molecule has 20 heavy (non-hydrogen) atoms. The van der Waals surface area contributed by atoms with Gasteiger partial charge >= 0.3 is 0 Å². The first-order valence-corrected chi connectivity index (χ1v) is 7.65. The number of rotatable bonds is 10. The third-order valence-corrected chi connectivity index (χ3v) is 3.38. The van der Waals surface area contributed by atoms with Crippen molar-refractivity contribution >= 4 is 0 Å². The van der Waals surface area contributed by atoms with Gasteiger partial charge in [0.25, 0.3) is 0 Å². The van der Waals surface area contributed by atoms with Gasteiger partial charge in [-0.05, 0) is 66.6 Å². The van der Waals surface area contributed by atoms with Crippen LogP contribution in [0.15, 0.2) is 10.5 Å². The third kappa shape index (κ3) is 6.55. The first-order chi connectivity index (χ1) is 9.52. The highest BCUT2D eigenvalue weighted by molar-refractivity contribution is 5.20. The molecule has 1 heterocycles. The van der Waals surface area contributed by atoms with Gasteiger partial charge in [-0.15, -0.1) is 0 Å². The lowest BCUT2D eigenvalue weighted by Crippen LogP contribution is -2.23. The van der Waals surface area contributed by atoms with E-state index >= 15 is 0 Å². The van der Waals surface area contributed by atoms with Crippen molar-refractivity contribution in [2.75, 3.05) is 40.8 Å². The van der Waals surface area contributed by atoms with E-state index in [2.05, 4.69) is 56.2 Å². The molecule has 0 saturated carbocycles. The van der Waals surface area contributed by atoms with E-state index in [1.165, 1.54) is 12.0 Å². The van der Waals surface area contributed by atoms with Crippen LogP contribution in [0.25, 0.3) is 0 Å². The SMILES string of the molecule is CCCNCc1cc(CN(C)CCCN(C)C)c(C)o1. The van der Waals surface area contributed by atoms with Crippen molar-refractivity contribution in [1.29, 1.82) is 0 Å². The van der Waals surface area contributed by atoms with E-state index in [0.29, 0.717) is 0 Å². The quantitative estimate of drug-likeness (QED) is 0.668. The molecule has 0 aliphatic carbocycles. The minimum atomic E-state index is 0.832. The maximum atomic E-state index is 5.81. The lowest BCUT2D eigenvalue weighted by Gasteiger charge is -2.17. The van der Waals surface area contributed by atoms with Crippen molar-refractivity contribution in [1.82, 2.24) is 15.1 Å². The van der Waals surface area contributed by atoms with Crippen molar-refractivity contribution in [2.24, 2.45) is 0 Å². The summed E-state index contributed by atoms with van der Waals surface area (Å²) in [6, 6.07) is 2.19. The number of furan rings is 1. The van der Waals surface area contributed by atoms with Crippen LogP contribution in [0.4, 0.5) is 0 Å². The zero-order chi connectivity index (χ0) is 15.0. The molecule has 0 spiro atoms. The largest absolute Gasteiger partial charge is 0.465 e. The van der Waals surface area contributed by atoms with Gasteiger partial charge in [0.05, 0.1) is 6.54 Å². The summed E-state index contributed by atoms with van der Waals surface area (Å²) >= 11 is 0. The first-order valence-electron chi connectivity index (χ1n) is 7.65. The second kappa shape index (κ2) is 9.16. The topological polar surface area (TPSA) is 31.6 Å². The number of nitrogens with one attached hydrogen (secondary N) is 1. The lowest BCUT2D eigenvalue weighted by atomic mass is 10.2. The van der Waals surface area contributed by atoms with Crippen LogP contribution in [-0.2, 0) is 13.1 Å². The van der Waals surface area contributed by atoms with E-state index in [9.17, 15) is 0 Å². The van der Waals surface area contributed by atoms with Crippen LogP contribution in [0.5, 0.6) is 0 Å². The van der Waals surface area contributed by atoms with Gasteiger partial charge in [0.1, 0.15) is 11.5 Å². The first kappa shape index (κ1) is 17.2. The minimum Gasteiger partial charge on any atom is -0.465 e. The molecule has 1 rings (SSSR count). The Bertz CT molecular complexity index is 374. The van der Waals surface area contributed by atoms with Crippen LogP contribution in [-0.4, -0.2) is 50.6 Å². The Hall–Kier alpha value is -0.840. The van der Waals surface area contributed by atoms with E-state index < -0.39 is 0 Å². The molecule has 0 bridgehead atoms. The molecule has 0 unspecified atom stereocenters. The fraction of sp³-hybridized carbons (Fsp3) is 0.750. The number of aryl methyl sites for hydroxylation is 1. The number of hydrogen-bond acceptors (Lipinski definition) is 4. The normalized spacial score (nSPS) is 11.8. The van der Waals surface area contributed by atoms with Crippen molar-refractivity contribution < 1.29 is 4.42 Å². The van der Waals surface area contributed by atoms with E-state index in [1.54, 1.807) is 0 Å². The predicted octanol–water partition coefficient (Wildman–Crippen LogP) is 2.47. The summed E-state index contributed by atoms with van der Waals surface area (Å²) in [4.78, 5) is 4.60. The highest BCUT2D eigenvalue weighted by Crippen LogP contribution is 2.16. The Morgan fingerprint density at radius 3 is 2.60 bits per heavy atom. The number of nitrogens with zero attached hydrogens (tertiary/aromatic N) is 2. The average Bonchev–Trinajstić information content (AvgIpc) is 2.70. The maximum Gasteiger partial charge on any atom is 0.118 e. The monoisotopic (exact) mass is 281 g/mol. The molecular weight excluding hydrogens is 250 g/mol. The molecule has 1 N–H and O–H groups in total. The van der Waals surface area contributed by atoms with E-state index in [1.807, 2.05) is 0 Å². The van der Waals surface area contributed by atoms with Gasteiger partial charge in [0.15, 0.2) is 0 Å². The highest BCUT2D eigenvalue weighted by atomic mass is 16.3. The van der Waals surface area contributed by atoms with E-state index in [0.717, 1.165) is 50.7 Å². The Balaban J connectivity index is 2.38. The van der Waals surface area contributed by atoms with E-state index in [-0.39, 0.29) is 0 Å². The third-order valence-electron chi connectivity index (χ3n) is 3.38. The molecule has 0 fully saturated rings. The zero-order valence-electron chi connectivity index (χ0n) is 13.8. The highest BCUT2D eigenvalue weighted by Gasteiger charge is 2.09. The summed E-state index contributed by atoms with van der Waals surface area (Å²) in [6.45, 7) is 9.34. The van der Waals surface area contributed by atoms with Crippen molar-refractivity contribution in [3.05, 3.63) is 23.2 Å². The molecule has 0 aliphatic heterocycles. The summed E-state index contributed by atoms with van der Waals surface area (Å²) in [6.07, 6.45) is 2.35. The molecule has 0 amide bonds. The Labute approximate surface area is 124 Å². The fourth-order valence-corrected chi connectivity index (χ4v) is 2.25. The van der Waals surface area contributed by atoms with Gasteiger partial charge in [0.2, 0.25) is 0 Å². The smallest absolute Gasteiger partial charge is 0.118 e. The molecule has 0 atom stereocenters. The fourth-order valence-electron chi connectivity index (χ4n) is 2.25. The molecule has 4 heteroatoms. The Morgan fingerprint density at radius 1 is 1.20 bits per heavy atom. The summed E-state index contributed by atoms with van der Waals surface area (Å²) < 4.78 is 5.81. The van der Waals surface area contributed by atoms with Gasteiger partial charge in [-0.3, -0.25) is 0 Å². The molecule has 0 aromatic carbocycles. The predicted molar refractivity (Wildman–Crippen MR) is 84.9 cm³/mol. The summed E-state index contributed by atoms with van der Waals surface area (Å²) in [7, 11) is 6.42. The van der Waals surface area contributed by atoms with Crippen LogP contribution in [0.3, 0.4) is 0 Å². The maximum absolute atomic E-state index is 5.81. The summed E-state index contributed by atoms with van der Waals surface area (Å²) in [5.41, 5.74) is 1.31. The van der Waals surface area contributed by atoms with Gasteiger partial charge in [-0.2, -0.15) is 0 Å². The van der Waals surface area contributed by atoms with Crippen LogP contribution < -0.4 is 5.32 Å². The second-order valence-corrected chi connectivity index (χ2v) is 5.87. The standard InChI is InChI=1S/C16H31N3O/c1-6-8-17-12-16-11-15(14(2)20-16)13-19(5)10-7-9-18(3)4/h11,17H,6-10,12-13H2,1-5H3. The minimum absolute atomic E-state index is 0.832. The van der Waals surface area contributed by atoms with Gasteiger partial charge in [-0.25, -0.2) is 0 Å². The Morgan fingerprint density at radius 2 is 1.95 bits per heavy atom. The van der Waals surface area contributed by atoms with Crippen LogP contribution in [0.2, 0.25) is 0 Å². The molecule has 1 aromatic heterocycles. The zero-order valence-corrected chi connectivity index (χ0v) is 13.8. The van der Waals surface area contributed by atoms with E-state index in [4.69, 9.17) is 4.42 Å². The molecular formula is C16H31N3O. The molecule has 116 valence electrons. The van der Waals surface area contributed by atoms with Crippen molar-refractivity contribution in [3.63, 3.8) is 0 Å². The Kier molecular flexibility index (Phi) is 7.88. The lowest BCUT2D eigenvalue weighted by molar-refractivity contribution is 0.293. The second-order valence-electron chi connectivity index (χ2n) is 5.87. The molecule has 1 aromatic rings. The van der Waals surface area contributed by atoms with Gasteiger partial charge in [-0.1, -0.05) is 6.92 Å². The molecule has 0 radical (unpaired) electrons.